The molecule has 3 rings (SSSR count). The second kappa shape index (κ2) is 7.87. The fourth-order valence-corrected chi connectivity index (χ4v) is 3.87. The third-order valence-corrected chi connectivity index (χ3v) is 5.01. The van der Waals surface area contributed by atoms with E-state index in [0.717, 1.165) is 24.9 Å². The molecule has 0 amide bonds. The number of nitrogens with one attached hydrogen (secondary N) is 1. The summed E-state index contributed by atoms with van der Waals surface area (Å²) >= 11 is 0. The monoisotopic (exact) mass is 302 g/mol. The van der Waals surface area contributed by atoms with Gasteiger partial charge in [-0.3, -0.25) is 0 Å². The molecule has 1 atom stereocenters. The molecule has 1 heterocycles. The van der Waals surface area contributed by atoms with Crippen LogP contribution < -0.4 is 15.0 Å². The predicted octanol–water partition coefficient (Wildman–Crippen LogP) is 3.98. The summed E-state index contributed by atoms with van der Waals surface area (Å²) in [6.07, 6.45) is 9.61. The molecule has 0 aromatic heterocycles. The summed E-state index contributed by atoms with van der Waals surface area (Å²) in [7, 11) is 0. The molecule has 1 N–H and O–H groups in total. The molecule has 2 aliphatic rings. The Morgan fingerprint density at radius 1 is 1.00 bits per heavy atom. The molecule has 3 nitrogen and oxygen atoms in total. The standard InChI is InChI=1S/C19H30N2O/c1-2-22-19-12-10-18(11-13-19)21-14-6-9-17(15-21)20-16-7-4-3-5-8-16/h10-13,16-17,20H,2-9,14-15H2,1H3. The van der Waals surface area contributed by atoms with E-state index in [0.29, 0.717) is 6.04 Å². The van der Waals surface area contributed by atoms with Gasteiger partial charge in [-0.1, -0.05) is 19.3 Å². The number of piperidine rings is 1. The van der Waals surface area contributed by atoms with Crippen LogP contribution in [0.1, 0.15) is 51.9 Å². The second-order valence-electron chi connectivity index (χ2n) is 6.71. The summed E-state index contributed by atoms with van der Waals surface area (Å²) < 4.78 is 5.54. The molecule has 22 heavy (non-hydrogen) atoms. The lowest BCUT2D eigenvalue weighted by molar-refractivity contribution is 0.312. The molecule has 1 aliphatic carbocycles. The largest absolute Gasteiger partial charge is 0.494 e. The Kier molecular flexibility index (Phi) is 5.60. The van der Waals surface area contributed by atoms with E-state index in [-0.39, 0.29) is 0 Å². The van der Waals surface area contributed by atoms with E-state index < -0.39 is 0 Å². The summed E-state index contributed by atoms with van der Waals surface area (Å²) in [6, 6.07) is 10.0. The predicted molar refractivity (Wildman–Crippen MR) is 92.9 cm³/mol. The molecule has 122 valence electrons. The maximum absolute atomic E-state index is 5.54. The number of hydrogen-bond donors (Lipinski definition) is 1. The van der Waals surface area contributed by atoms with Crippen LogP contribution in [0.4, 0.5) is 5.69 Å². The molecule has 0 radical (unpaired) electrons. The van der Waals surface area contributed by atoms with Crippen molar-refractivity contribution < 1.29 is 4.74 Å². The Hall–Kier alpha value is -1.22. The summed E-state index contributed by atoms with van der Waals surface area (Å²) in [5, 5.41) is 3.92. The highest BCUT2D eigenvalue weighted by molar-refractivity contribution is 5.49. The van der Waals surface area contributed by atoms with Crippen LogP contribution in [0, 0.1) is 0 Å². The number of ether oxygens (including phenoxy) is 1. The van der Waals surface area contributed by atoms with E-state index in [2.05, 4.69) is 34.5 Å². The number of benzene rings is 1. The highest BCUT2D eigenvalue weighted by Gasteiger charge is 2.23. The SMILES string of the molecule is CCOc1ccc(N2CCCC(NC3CCCCC3)C2)cc1. The maximum atomic E-state index is 5.54. The summed E-state index contributed by atoms with van der Waals surface area (Å²) in [4.78, 5) is 2.53. The molecule has 0 bridgehead atoms. The summed E-state index contributed by atoms with van der Waals surface area (Å²) in [5.41, 5.74) is 1.33. The third kappa shape index (κ3) is 4.16. The zero-order valence-corrected chi connectivity index (χ0v) is 13.9. The first-order valence-electron chi connectivity index (χ1n) is 9.09. The van der Waals surface area contributed by atoms with Crippen molar-refractivity contribution in [3.63, 3.8) is 0 Å². The molecule has 3 heteroatoms. The molecule has 1 aliphatic heterocycles. The summed E-state index contributed by atoms with van der Waals surface area (Å²) in [5.74, 6) is 0.972. The number of nitrogens with zero attached hydrogens (tertiary/aromatic N) is 1. The molecule has 1 saturated heterocycles. The van der Waals surface area contributed by atoms with Crippen LogP contribution in [0.3, 0.4) is 0 Å². The van der Waals surface area contributed by atoms with Crippen LogP contribution in [-0.4, -0.2) is 31.8 Å². The smallest absolute Gasteiger partial charge is 0.119 e. The van der Waals surface area contributed by atoms with Crippen molar-refractivity contribution >= 4 is 5.69 Å². The van der Waals surface area contributed by atoms with Crippen molar-refractivity contribution in [1.29, 1.82) is 0 Å². The normalized spacial score (nSPS) is 23.5. The van der Waals surface area contributed by atoms with Gasteiger partial charge in [0.05, 0.1) is 6.61 Å². The third-order valence-electron chi connectivity index (χ3n) is 5.01. The van der Waals surface area contributed by atoms with Crippen molar-refractivity contribution in [3.8, 4) is 5.75 Å². The van der Waals surface area contributed by atoms with Gasteiger partial charge in [-0.25, -0.2) is 0 Å². The molecular formula is C19H30N2O. The van der Waals surface area contributed by atoms with E-state index in [1.165, 1.54) is 57.2 Å². The van der Waals surface area contributed by atoms with Gasteiger partial charge in [0.2, 0.25) is 0 Å². The first-order chi connectivity index (χ1) is 10.8. The fraction of sp³-hybridized carbons (Fsp3) is 0.684. The lowest BCUT2D eigenvalue weighted by atomic mass is 9.93. The van der Waals surface area contributed by atoms with Gasteiger partial charge in [0.15, 0.2) is 0 Å². The van der Waals surface area contributed by atoms with Crippen LogP contribution in [-0.2, 0) is 0 Å². The average Bonchev–Trinajstić information content (AvgIpc) is 2.57. The van der Waals surface area contributed by atoms with Gasteiger partial charge in [-0.2, -0.15) is 0 Å². The van der Waals surface area contributed by atoms with Gasteiger partial charge in [-0.15, -0.1) is 0 Å². The number of rotatable bonds is 5. The van der Waals surface area contributed by atoms with Gasteiger partial charge in [0, 0.05) is 30.9 Å². The Labute approximate surface area is 135 Å². The zero-order chi connectivity index (χ0) is 15.2. The molecule has 1 aromatic rings. The lowest BCUT2D eigenvalue weighted by Gasteiger charge is -2.37. The van der Waals surface area contributed by atoms with Crippen molar-refractivity contribution in [2.24, 2.45) is 0 Å². The minimum Gasteiger partial charge on any atom is -0.494 e. The highest BCUT2D eigenvalue weighted by atomic mass is 16.5. The average molecular weight is 302 g/mol. The van der Waals surface area contributed by atoms with Crippen molar-refractivity contribution in [2.75, 3.05) is 24.6 Å². The second-order valence-corrected chi connectivity index (χ2v) is 6.71. The highest BCUT2D eigenvalue weighted by Crippen LogP contribution is 2.24. The van der Waals surface area contributed by atoms with E-state index in [1.54, 1.807) is 0 Å². The van der Waals surface area contributed by atoms with Gasteiger partial charge in [-0.05, 0) is 56.9 Å². The van der Waals surface area contributed by atoms with Crippen molar-refractivity contribution in [3.05, 3.63) is 24.3 Å². The molecule has 2 fully saturated rings. The number of anilines is 1. The first-order valence-corrected chi connectivity index (χ1v) is 9.09. The molecule has 1 unspecified atom stereocenters. The van der Waals surface area contributed by atoms with Crippen LogP contribution in [0.2, 0.25) is 0 Å². The summed E-state index contributed by atoms with van der Waals surface area (Å²) in [6.45, 7) is 5.08. The van der Waals surface area contributed by atoms with Crippen LogP contribution in [0.25, 0.3) is 0 Å². The van der Waals surface area contributed by atoms with Gasteiger partial charge < -0.3 is 15.0 Å². The van der Waals surface area contributed by atoms with E-state index in [1.807, 2.05) is 6.92 Å². The van der Waals surface area contributed by atoms with Crippen molar-refractivity contribution in [2.45, 2.75) is 64.0 Å². The minimum absolute atomic E-state index is 0.656. The van der Waals surface area contributed by atoms with Crippen molar-refractivity contribution in [1.82, 2.24) is 5.32 Å². The minimum atomic E-state index is 0.656. The first kappa shape index (κ1) is 15.7. The lowest BCUT2D eigenvalue weighted by Crippen LogP contribution is -2.49. The molecule has 1 saturated carbocycles. The van der Waals surface area contributed by atoms with E-state index in [4.69, 9.17) is 4.74 Å². The van der Waals surface area contributed by atoms with Gasteiger partial charge in [0.25, 0.3) is 0 Å². The van der Waals surface area contributed by atoms with E-state index >= 15 is 0 Å². The van der Waals surface area contributed by atoms with Crippen LogP contribution in [0.5, 0.6) is 5.75 Å². The quantitative estimate of drug-likeness (QED) is 0.890. The fourth-order valence-electron chi connectivity index (χ4n) is 3.87. The van der Waals surface area contributed by atoms with Gasteiger partial charge >= 0.3 is 0 Å². The molecule has 0 spiro atoms. The Balaban J connectivity index is 1.55. The zero-order valence-electron chi connectivity index (χ0n) is 13.9. The Bertz CT molecular complexity index is 439. The maximum Gasteiger partial charge on any atom is 0.119 e. The van der Waals surface area contributed by atoms with Crippen LogP contribution in [0.15, 0.2) is 24.3 Å². The van der Waals surface area contributed by atoms with Gasteiger partial charge in [0.1, 0.15) is 5.75 Å². The Morgan fingerprint density at radius 3 is 2.45 bits per heavy atom. The topological polar surface area (TPSA) is 24.5 Å². The number of hydrogen-bond acceptors (Lipinski definition) is 3. The van der Waals surface area contributed by atoms with E-state index in [9.17, 15) is 0 Å². The molecule has 1 aromatic carbocycles. The van der Waals surface area contributed by atoms with Crippen LogP contribution >= 0.6 is 0 Å². The molecular weight excluding hydrogens is 272 g/mol. The Morgan fingerprint density at radius 2 is 1.73 bits per heavy atom.